The fraction of sp³-hybridized carbons (Fsp3) is 0.591. The van der Waals surface area contributed by atoms with Gasteiger partial charge >= 0.3 is 0 Å². The lowest BCUT2D eigenvalue weighted by molar-refractivity contribution is -0.121. The lowest BCUT2D eigenvalue weighted by Crippen LogP contribution is -2.25. The van der Waals surface area contributed by atoms with Crippen LogP contribution in [0.5, 0.6) is 0 Å². The van der Waals surface area contributed by atoms with E-state index in [2.05, 4.69) is 42.6 Å². The summed E-state index contributed by atoms with van der Waals surface area (Å²) in [7, 11) is 0. The molecule has 26 heavy (non-hydrogen) atoms. The number of aliphatic hydroxyl groups excluding tert-OH is 2. The highest BCUT2D eigenvalue weighted by Gasteiger charge is 1.98. The number of carbonyl (C=O) groups excluding carboxylic acids is 1. The monoisotopic (exact) mass is 363 g/mol. The molecule has 3 N–H and O–H groups in total. The highest BCUT2D eigenvalue weighted by molar-refractivity contribution is 5.75. The first-order chi connectivity index (χ1) is 12.7. The van der Waals surface area contributed by atoms with E-state index in [9.17, 15) is 9.90 Å². The zero-order chi connectivity index (χ0) is 19.3. The quantitative estimate of drug-likeness (QED) is 0.218. The molecule has 0 aromatic heterocycles. The Morgan fingerprint density at radius 1 is 1.00 bits per heavy atom. The van der Waals surface area contributed by atoms with Crippen molar-refractivity contribution in [1.29, 1.82) is 0 Å². The van der Waals surface area contributed by atoms with Crippen LogP contribution in [0, 0.1) is 0 Å². The van der Waals surface area contributed by atoms with Crippen LogP contribution in [0.1, 0.15) is 64.7 Å². The minimum Gasteiger partial charge on any atom is -0.395 e. The number of rotatable bonds is 16. The molecule has 0 rings (SSSR count). The molecule has 0 saturated carbocycles. The third-order valence-corrected chi connectivity index (χ3v) is 3.77. The molecule has 0 fully saturated rings. The summed E-state index contributed by atoms with van der Waals surface area (Å²) in [5.74, 6) is 0.00154. The molecule has 4 nitrogen and oxygen atoms in total. The number of allylic oxidation sites excluding steroid dienone is 7. The molecule has 0 aromatic carbocycles. The van der Waals surface area contributed by atoms with Crippen LogP contribution in [-0.4, -0.2) is 35.4 Å². The standard InChI is InChI=1S/C22H37NO3/c1-2-3-13-16-21(25)17-14-11-9-7-5-4-6-8-10-12-15-18-22(26)23-19-20-24/h4-5,8-11,14,17,21,24-25H,2-3,6-7,12-13,15-16,18-20H2,1H3,(H,23,26)/b5-4-,10-8-,11-9-,17-14+/t21-/m0/s1. The molecular weight excluding hydrogens is 326 g/mol. The van der Waals surface area contributed by atoms with E-state index in [0.717, 1.165) is 38.5 Å². The maximum atomic E-state index is 11.3. The topological polar surface area (TPSA) is 69.6 Å². The number of hydrogen-bond donors (Lipinski definition) is 3. The van der Waals surface area contributed by atoms with Crippen LogP contribution in [0.15, 0.2) is 48.6 Å². The fourth-order valence-electron chi connectivity index (χ4n) is 2.28. The first-order valence-corrected chi connectivity index (χ1v) is 9.89. The number of unbranched alkanes of at least 4 members (excludes halogenated alkanes) is 3. The van der Waals surface area contributed by atoms with Gasteiger partial charge in [-0.25, -0.2) is 0 Å². The van der Waals surface area contributed by atoms with Gasteiger partial charge in [0.1, 0.15) is 0 Å². The van der Waals surface area contributed by atoms with E-state index in [4.69, 9.17) is 5.11 Å². The van der Waals surface area contributed by atoms with E-state index in [1.807, 2.05) is 18.2 Å². The number of carbonyl (C=O) groups is 1. The Hall–Kier alpha value is -1.65. The molecule has 0 aromatic rings. The summed E-state index contributed by atoms with van der Waals surface area (Å²) in [4.78, 5) is 11.3. The van der Waals surface area contributed by atoms with Gasteiger partial charge in [0.25, 0.3) is 0 Å². The van der Waals surface area contributed by atoms with Crippen molar-refractivity contribution in [2.24, 2.45) is 0 Å². The molecule has 0 aliphatic rings. The smallest absolute Gasteiger partial charge is 0.220 e. The Bertz CT molecular complexity index is 439. The molecule has 4 heteroatoms. The summed E-state index contributed by atoms with van der Waals surface area (Å²) in [6, 6.07) is 0. The second-order valence-electron chi connectivity index (χ2n) is 6.26. The first-order valence-electron chi connectivity index (χ1n) is 9.89. The van der Waals surface area contributed by atoms with Crippen molar-refractivity contribution in [3.8, 4) is 0 Å². The molecule has 0 aliphatic heterocycles. The van der Waals surface area contributed by atoms with Crippen LogP contribution < -0.4 is 5.32 Å². The predicted molar refractivity (Wildman–Crippen MR) is 110 cm³/mol. The van der Waals surface area contributed by atoms with E-state index in [-0.39, 0.29) is 18.6 Å². The average molecular weight is 364 g/mol. The summed E-state index contributed by atoms with van der Waals surface area (Å²) in [6.45, 7) is 2.49. The lowest BCUT2D eigenvalue weighted by Gasteiger charge is -2.02. The molecule has 0 radical (unpaired) electrons. The molecule has 0 saturated heterocycles. The molecule has 1 amide bonds. The average Bonchev–Trinajstić information content (AvgIpc) is 2.64. The van der Waals surface area contributed by atoms with Crippen molar-refractivity contribution in [3.05, 3.63) is 48.6 Å². The minimum atomic E-state index is -0.326. The van der Waals surface area contributed by atoms with Gasteiger partial charge in [0, 0.05) is 13.0 Å². The van der Waals surface area contributed by atoms with Gasteiger partial charge in [0.2, 0.25) is 5.91 Å². The summed E-state index contributed by atoms with van der Waals surface area (Å²) in [5.41, 5.74) is 0. The molecule has 0 spiro atoms. The Balaban J connectivity index is 3.58. The third kappa shape index (κ3) is 18.7. The van der Waals surface area contributed by atoms with Crippen LogP contribution >= 0.6 is 0 Å². The molecular formula is C22H37NO3. The van der Waals surface area contributed by atoms with Crippen molar-refractivity contribution < 1.29 is 15.0 Å². The number of aliphatic hydroxyl groups is 2. The van der Waals surface area contributed by atoms with Gasteiger partial charge in [-0.3, -0.25) is 4.79 Å². The molecule has 0 aliphatic carbocycles. The van der Waals surface area contributed by atoms with Crippen LogP contribution in [0.3, 0.4) is 0 Å². The fourth-order valence-corrected chi connectivity index (χ4v) is 2.28. The summed E-state index contributed by atoms with van der Waals surface area (Å²) in [5, 5.41) is 21.0. The van der Waals surface area contributed by atoms with Gasteiger partial charge in [-0.15, -0.1) is 0 Å². The molecule has 0 heterocycles. The first kappa shape index (κ1) is 24.4. The molecule has 0 bridgehead atoms. The zero-order valence-electron chi connectivity index (χ0n) is 16.3. The van der Waals surface area contributed by atoms with Crippen molar-refractivity contribution in [1.82, 2.24) is 5.32 Å². The maximum Gasteiger partial charge on any atom is 0.220 e. The maximum absolute atomic E-state index is 11.3. The van der Waals surface area contributed by atoms with E-state index < -0.39 is 0 Å². The second-order valence-corrected chi connectivity index (χ2v) is 6.26. The van der Waals surface area contributed by atoms with Crippen LogP contribution in [-0.2, 0) is 4.79 Å². The largest absolute Gasteiger partial charge is 0.395 e. The van der Waals surface area contributed by atoms with Crippen molar-refractivity contribution in [2.45, 2.75) is 70.8 Å². The van der Waals surface area contributed by atoms with E-state index in [1.54, 1.807) is 0 Å². The van der Waals surface area contributed by atoms with Crippen LogP contribution in [0.25, 0.3) is 0 Å². The van der Waals surface area contributed by atoms with Gasteiger partial charge < -0.3 is 15.5 Å². The van der Waals surface area contributed by atoms with Gasteiger partial charge in [-0.1, -0.05) is 74.8 Å². The van der Waals surface area contributed by atoms with Crippen LogP contribution in [0.4, 0.5) is 0 Å². The Morgan fingerprint density at radius 3 is 2.46 bits per heavy atom. The summed E-state index contributed by atoms with van der Waals surface area (Å²) in [6.07, 6.45) is 24.2. The van der Waals surface area contributed by atoms with Gasteiger partial charge in [0.15, 0.2) is 0 Å². The minimum absolute atomic E-state index is 0.00154. The lowest BCUT2D eigenvalue weighted by atomic mass is 10.1. The summed E-state index contributed by atoms with van der Waals surface area (Å²) >= 11 is 0. The molecule has 148 valence electrons. The normalized spacial score (nSPS) is 13.5. The van der Waals surface area contributed by atoms with Gasteiger partial charge in [-0.05, 0) is 32.1 Å². The molecule has 1 atom stereocenters. The third-order valence-electron chi connectivity index (χ3n) is 3.77. The van der Waals surface area contributed by atoms with Crippen molar-refractivity contribution >= 4 is 5.91 Å². The number of nitrogens with one attached hydrogen (secondary N) is 1. The van der Waals surface area contributed by atoms with Gasteiger partial charge in [0.05, 0.1) is 12.7 Å². The van der Waals surface area contributed by atoms with E-state index in [1.165, 1.54) is 12.8 Å². The SMILES string of the molecule is CCCCC[C@H](O)/C=C/C=C\C/C=C\C/C=C\CCCC(=O)NCCO. The highest BCUT2D eigenvalue weighted by atomic mass is 16.3. The highest BCUT2D eigenvalue weighted by Crippen LogP contribution is 2.04. The predicted octanol–water partition coefficient (Wildman–Crippen LogP) is 4.21. The Labute approximate surface area is 159 Å². The van der Waals surface area contributed by atoms with E-state index in [0.29, 0.717) is 13.0 Å². The zero-order valence-corrected chi connectivity index (χ0v) is 16.3. The second kappa shape index (κ2) is 19.7. The van der Waals surface area contributed by atoms with Gasteiger partial charge in [-0.2, -0.15) is 0 Å². The van der Waals surface area contributed by atoms with Crippen molar-refractivity contribution in [2.75, 3.05) is 13.2 Å². The van der Waals surface area contributed by atoms with E-state index >= 15 is 0 Å². The summed E-state index contributed by atoms with van der Waals surface area (Å²) < 4.78 is 0. The van der Waals surface area contributed by atoms with Crippen LogP contribution in [0.2, 0.25) is 0 Å². The van der Waals surface area contributed by atoms with Crippen molar-refractivity contribution in [3.63, 3.8) is 0 Å². The number of amides is 1. The Morgan fingerprint density at radius 2 is 1.73 bits per heavy atom. The number of hydrogen-bond acceptors (Lipinski definition) is 3. The Kier molecular flexibility index (Phi) is 18.4. The molecule has 0 unspecified atom stereocenters.